The number of hydrogen-bond acceptors (Lipinski definition) is 6. The first kappa shape index (κ1) is 22.0. The van der Waals surface area contributed by atoms with Crippen LogP contribution in [0, 0.1) is 0 Å². The summed E-state index contributed by atoms with van der Waals surface area (Å²) in [6, 6.07) is 12.3. The van der Waals surface area contributed by atoms with Crippen LogP contribution in [0.15, 0.2) is 36.7 Å². The third-order valence-electron chi connectivity index (χ3n) is 8.02. The van der Waals surface area contributed by atoms with Gasteiger partial charge in [-0.2, -0.15) is 0 Å². The summed E-state index contributed by atoms with van der Waals surface area (Å²) in [5.74, 6) is 1.20. The van der Waals surface area contributed by atoms with Crippen LogP contribution in [0.5, 0.6) is 0 Å². The fraction of sp³-hybridized carbons (Fsp3) is 0.519. The lowest BCUT2D eigenvalue weighted by atomic mass is 9.95. The zero-order valence-electron chi connectivity index (χ0n) is 20.1. The molecule has 2 unspecified atom stereocenters. The van der Waals surface area contributed by atoms with E-state index in [9.17, 15) is 4.79 Å². The fourth-order valence-corrected chi connectivity index (χ4v) is 7.54. The number of fused-ring (bicyclic) bond motifs is 3. The number of likely N-dealkylation sites (tertiary alicyclic amines) is 1. The minimum atomic E-state index is 0.116. The second-order valence-corrected chi connectivity index (χ2v) is 11.4. The molecule has 3 aliphatic rings. The third kappa shape index (κ3) is 3.79. The monoisotopic (exact) mass is 475 g/mol. The Kier molecular flexibility index (Phi) is 5.77. The molecule has 0 radical (unpaired) electrons. The second-order valence-electron chi connectivity index (χ2n) is 10.3. The number of piperidine rings is 1. The van der Waals surface area contributed by atoms with Crippen LogP contribution in [0.4, 0.5) is 5.82 Å². The summed E-state index contributed by atoms with van der Waals surface area (Å²) in [6.45, 7) is 2.54. The van der Waals surface area contributed by atoms with Gasteiger partial charge < -0.3 is 14.7 Å². The van der Waals surface area contributed by atoms with Crippen molar-refractivity contribution in [2.75, 3.05) is 32.1 Å². The van der Waals surface area contributed by atoms with Crippen molar-refractivity contribution < 1.29 is 4.79 Å². The van der Waals surface area contributed by atoms with E-state index in [-0.39, 0.29) is 5.91 Å². The van der Waals surface area contributed by atoms with Crippen LogP contribution < -0.4 is 4.90 Å². The van der Waals surface area contributed by atoms with Crippen molar-refractivity contribution in [1.82, 2.24) is 19.8 Å². The Labute approximate surface area is 205 Å². The molecule has 0 saturated carbocycles. The number of amides is 1. The molecule has 2 atom stereocenters. The number of rotatable bonds is 5. The van der Waals surface area contributed by atoms with Gasteiger partial charge in [0.15, 0.2) is 0 Å². The summed E-state index contributed by atoms with van der Waals surface area (Å²) in [5, 5.41) is 1.14. The lowest BCUT2D eigenvalue weighted by Gasteiger charge is -2.43. The summed E-state index contributed by atoms with van der Waals surface area (Å²) in [7, 11) is 3.65. The van der Waals surface area contributed by atoms with E-state index in [0.717, 1.165) is 38.1 Å². The molecular formula is C27H33N5OS. The van der Waals surface area contributed by atoms with Gasteiger partial charge in [0.2, 0.25) is 5.91 Å². The molecule has 3 fully saturated rings. The molecule has 3 aromatic rings. The molecule has 3 aliphatic heterocycles. The number of anilines is 1. The van der Waals surface area contributed by atoms with Crippen molar-refractivity contribution >= 4 is 33.3 Å². The van der Waals surface area contributed by atoms with Crippen LogP contribution in [0.3, 0.4) is 0 Å². The van der Waals surface area contributed by atoms with Gasteiger partial charge >= 0.3 is 0 Å². The van der Waals surface area contributed by atoms with Crippen LogP contribution in [0.25, 0.3) is 21.3 Å². The largest absolute Gasteiger partial charge is 0.350 e. The number of thiophene rings is 1. The number of carbonyl (C=O) groups excluding carboxylic acids is 1. The van der Waals surface area contributed by atoms with Crippen LogP contribution in [0.1, 0.15) is 43.4 Å². The smallest absolute Gasteiger partial charge is 0.227 e. The van der Waals surface area contributed by atoms with Crippen LogP contribution in [-0.4, -0.2) is 71.0 Å². The summed E-state index contributed by atoms with van der Waals surface area (Å²) in [4.78, 5) is 31.5. The Hall–Kier alpha value is -2.51. The highest BCUT2D eigenvalue weighted by molar-refractivity contribution is 7.19. The molecule has 3 saturated heterocycles. The molecule has 6 nitrogen and oxygen atoms in total. The van der Waals surface area contributed by atoms with Gasteiger partial charge in [-0.25, -0.2) is 9.97 Å². The van der Waals surface area contributed by atoms with Crippen molar-refractivity contribution in [2.24, 2.45) is 0 Å². The molecule has 2 bridgehead atoms. The topological polar surface area (TPSA) is 52.6 Å². The van der Waals surface area contributed by atoms with E-state index in [0.29, 0.717) is 18.5 Å². The minimum Gasteiger partial charge on any atom is -0.350 e. The number of nitrogens with zero attached hydrogens (tertiary/aromatic N) is 5. The van der Waals surface area contributed by atoms with Gasteiger partial charge in [-0.05, 0) is 57.2 Å². The van der Waals surface area contributed by atoms with Gasteiger partial charge in [0.25, 0.3) is 0 Å². The number of hydrogen-bond donors (Lipinski definition) is 0. The predicted molar refractivity (Wildman–Crippen MR) is 138 cm³/mol. The van der Waals surface area contributed by atoms with E-state index >= 15 is 0 Å². The van der Waals surface area contributed by atoms with Gasteiger partial charge in [-0.15, -0.1) is 11.3 Å². The second kappa shape index (κ2) is 8.93. The molecule has 0 N–H and O–H groups in total. The van der Waals surface area contributed by atoms with Gasteiger partial charge in [-0.1, -0.05) is 30.3 Å². The van der Waals surface area contributed by atoms with Crippen LogP contribution in [-0.2, 0) is 11.2 Å². The highest BCUT2D eigenvalue weighted by Gasteiger charge is 2.44. The summed E-state index contributed by atoms with van der Waals surface area (Å²) < 4.78 is 0. The average molecular weight is 476 g/mol. The minimum absolute atomic E-state index is 0.116. The molecule has 34 heavy (non-hydrogen) atoms. The molecule has 7 heteroatoms. The number of aromatic nitrogens is 2. The maximum Gasteiger partial charge on any atom is 0.227 e. The van der Waals surface area contributed by atoms with Gasteiger partial charge in [0, 0.05) is 42.7 Å². The summed E-state index contributed by atoms with van der Waals surface area (Å²) >= 11 is 1.65. The highest BCUT2D eigenvalue weighted by Crippen LogP contribution is 2.47. The first-order valence-corrected chi connectivity index (χ1v) is 13.5. The zero-order chi connectivity index (χ0) is 23.2. The normalized spacial score (nSPS) is 24.8. The fourth-order valence-electron chi connectivity index (χ4n) is 6.39. The predicted octanol–water partition coefficient (Wildman–Crippen LogP) is 4.58. The molecule has 2 aromatic heterocycles. The van der Waals surface area contributed by atoms with Gasteiger partial charge in [0.05, 0.1) is 11.8 Å². The standard InChI is InChI=1S/C27H33N5OS/c1-30(2)23(33)16-22-24(18-8-4-3-5-9-18)25-26(28-17-29-27(25)34-22)32-19-10-11-20(32)15-21(14-19)31-12-6-7-13-31/h3-5,8-9,17,19-21H,6-7,10-16H2,1-2H3. The molecule has 5 heterocycles. The SMILES string of the molecule is CN(C)C(=O)Cc1sc2ncnc(N3C4CCC3CC(N3CCCC3)C4)c2c1-c1ccccc1. The average Bonchev–Trinajstić information content (AvgIpc) is 3.56. The lowest BCUT2D eigenvalue weighted by molar-refractivity contribution is -0.127. The summed E-state index contributed by atoms with van der Waals surface area (Å²) in [5.41, 5.74) is 2.29. The highest BCUT2D eigenvalue weighted by atomic mass is 32.1. The molecule has 1 amide bonds. The molecule has 178 valence electrons. The van der Waals surface area contributed by atoms with E-state index in [1.807, 2.05) is 20.2 Å². The molecule has 1 aromatic carbocycles. The van der Waals surface area contributed by atoms with Gasteiger partial charge in [-0.3, -0.25) is 4.79 Å². The number of likely N-dealkylation sites (N-methyl/N-ethyl adjacent to an activating group) is 1. The lowest BCUT2D eigenvalue weighted by Crippen LogP contribution is -2.50. The third-order valence-corrected chi connectivity index (χ3v) is 9.12. The van der Waals surface area contributed by atoms with E-state index in [1.165, 1.54) is 51.6 Å². The number of benzene rings is 1. The molecule has 6 rings (SSSR count). The van der Waals surface area contributed by atoms with Gasteiger partial charge in [0.1, 0.15) is 17.0 Å². The molecule has 0 aliphatic carbocycles. The maximum absolute atomic E-state index is 12.7. The van der Waals surface area contributed by atoms with Crippen LogP contribution >= 0.6 is 11.3 Å². The van der Waals surface area contributed by atoms with Crippen molar-refractivity contribution in [3.8, 4) is 11.1 Å². The Bertz CT molecular complexity index is 1170. The Balaban J connectivity index is 1.44. The molecule has 0 spiro atoms. The van der Waals surface area contributed by atoms with Crippen molar-refractivity contribution in [1.29, 1.82) is 0 Å². The first-order chi connectivity index (χ1) is 16.6. The van der Waals surface area contributed by atoms with E-state index < -0.39 is 0 Å². The van der Waals surface area contributed by atoms with E-state index in [4.69, 9.17) is 9.97 Å². The molecular weight excluding hydrogens is 442 g/mol. The van der Waals surface area contributed by atoms with E-state index in [2.05, 4.69) is 34.1 Å². The Morgan fingerprint density at radius 1 is 1.03 bits per heavy atom. The van der Waals surface area contributed by atoms with E-state index in [1.54, 1.807) is 22.6 Å². The van der Waals surface area contributed by atoms with Crippen LogP contribution in [0.2, 0.25) is 0 Å². The van der Waals surface area contributed by atoms with Crippen molar-refractivity contribution in [3.05, 3.63) is 41.5 Å². The Morgan fingerprint density at radius 2 is 1.74 bits per heavy atom. The van der Waals surface area contributed by atoms with Crippen molar-refractivity contribution in [3.63, 3.8) is 0 Å². The Morgan fingerprint density at radius 3 is 2.41 bits per heavy atom. The first-order valence-electron chi connectivity index (χ1n) is 12.6. The summed E-state index contributed by atoms with van der Waals surface area (Å²) in [6.07, 6.45) is 9.79. The number of carbonyl (C=O) groups is 1. The quantitative estimate of drug-likeness (QED) is 0.541. The maximum atomic E-state index is 12.7. The zero-order valence-corrected chi connectivity index (χ0v) is 20.9. The van der Waals surface area contributed by atoms with Crippen molar-refractivity contribution in [2.45, 2.75) is 63.1 Å².